The van der Waals surface area contributed by atoms with E-state index in [1.165, 1.54) is 6.33 Å². The van der Waals surface area contributed by atoms with Crippen LogP contribution in [0.5, 0.6) is 0 Å². The summed E-state index contributed by atoms with van der Waals surface area (Å²) in [6.45, 7) is 0. The van der Waals surface area contributed by atoms with Gasteiger partial charge in [-0.3, -0.25) is 4.57 Å². The van der Waals surface area contributed by atoms with Crippen molar-refractivity contribution < 1.29 is 0 Å². The second-order valence-electron chi connectivity index (χ2n) is 4.26. The number of benzene rings is 1. The van der Waals surface area contributed by atoms with Crippen molar-refractivity contribution >= 4 is 5.82 Å². The summed E-state index contributed by atoms with van der Waals surface area (Å²) in [6.07, 6.45) is 3.25. The summed E-state index contributed by atoms with van der Waals surface area (Å²) in [5, 5.41) is 9.26. The number of nitrogens with two attached hydrogens (primary N) is 1. The molecule has 0 aliphatic heterocycles. The summed E-state index contributed by atoms with van der Waals surface area (Å²) >= 11 is 0. The van der Waals surface area contributed by atoms with Gasteiger partial charge in [-0.2, -0.15) is 5.26 Å². The second-order valence-corrected chi connectivity index (χ2v) is 4.26. The molecule has 20 heavy (non-hydrogen) atoms. The van der Waals surface area contributed by atoms with E-state index in [0.29, 0.717) is 17.3 Å². The lowest BCUT2D eigenvalue weighted by atomic mass is 10.1. The van der Waals surface area contributed by atoms with Crippen LogP contribution >= 0.6 is 0 Å². The minimum absolute atomic E-state index is 0.369. The van der Waals surface area contributed by atoms with Crippen LogP contribution in [0.15, 0.2) is 55.0 Å². The zero-order chi connectivity index (χ0) is 13.9. The van der Waals surface area contributed by atoms with Crippen LogP contribution in [0.1, 0.15) is 5.69 Å². The van der Waals surface area contributed by atoms with Crippen LogP contribution in [-0.4, -0.2) is 14.5 Å². The molecule has 0 radical (unpaired) electrons. The van der Waals surface area contributed by atoms with E-state index in [-0.39, 0.29) is 0 Å². The highest BCUT2D eigenvalue weighted by molar-refractivity contribution is 5.65. The Kier molecular flexibility index (Phi) is 2.90. The van der Waals surface area contributed by atoms with Crippen molar-refractivity contribution in [2.45, 2.75) is 0 Å². The lowest BCUT2D eigenvalue weighted by Crippen LogP contribution is -2.01. The lowest BCUT2D eigenvalue weighted by Gasteiger charge is -2.03. The van der Waals surface area contributed by atoms with Crippen molar-refractivity contribution in [1.29, 1.82) is 5.26 Å². The molecule has 0 unspecified atom stereocenters. The highest BCUT2D eigenvalue weighted by Crippen LogP contribution is 2.23. The zero-order valence-corrected chi connectivity index (χ0v) is 10.6. The van der Waals surface area contributed by atoms with Crippen LogP contribution in [0.4, 0.5) is 5.82 Å². The standard InChI is InChI=1S/C15H11N5/c16-8-13-6-12(11-4-2-1-3-5-11)9-20(13)15-7-14(17)18-10-19-15/h1-7,9-10H,(H2,17,18,19). The molecule has 0 fully saturated rings. The predicted octanol–water partition coefficient (Wildman–Crippen LogP) is 2.39. The predicted molar refractivity (Wildman–Crippen MR) is 75.9 cm³/mol. The van der Waals surface area contributed by atoms with Crippen LogP contribution in [0.3, 0.4) is 0 Å². The van der Waals surface area contributed by atoms with Crippen LogP contribution in [-0.2, 0) is 0 Å². The van der Waals surface area contributed by atoms with Gasteiger partial charge in [-0.15, -0.1) is 0 Å². The molecule has 1 aromatic carbocycles. The molecule has 0 saturated heterocycles. The summed E-state index contributed by atoms with van der Waals surface area (Å²) < 4.78 is 1.71. The normalized spacial score (nSPS) is 10.2. The first-order chi connectivity index (χ1) is 9.78. The topological polar surface area (TPSA) is 80.5 Å². The second kappa shape index (κ2) is 4.86. The average Bonchev–Trinajstić information content (AvgIpc) is 2.92. The number of nitrogens with zero attached hydrogens (tertiary/aromatic N) is 4. The lowest BCUT2D eigenvalue weighted by molar-refractivity contribution is 0.970. The first-order valence-electron chi connectivity index (χ1n) is 6.04. The van der Waals surface area contributed by atoms with Crippen molar-refractivity contribution in [3.8, 4) is 23.0 Å². The Balaban J connectivity index is 2.13. The fourth-order valence-corrected chi connectivity index (χ4v) is 2.02. The Labute approximate surface area is 116 Å². The van der Waals surface area contributed by atoms with Gasteiger partial charge in [-0.1, -0.05) is 30.3 Å². The van der Waals surface area contributed by atoms with E-state index in [2.05, 4.69) is 16.0 Å². The van der Waals surface area contributed by atoms with Crippen molar-refractivity contribution in [2.75, 3.05) is 5.73 Å². The molecule has 5 heteroatoms. The number of hydrogen-bond acceptors (Lipinski definition) is 4. The first kappa shape index (κ1) is 11.9. The highest BCUT2D eigenvalue weighted by Gasteiger charge is 2.10. The van der Waals surface area contributed by atoms with Gasteiger partial charge in [-0.05, 0) is 11.6 Å². The fraction of sp³-hybridized carbons (Fsp3) is 0. The minimum Gasteiger partial charge on any atom is -0.384 e. The molecule has 0 aliphatic carbocycles. The molecule has 0 saturated carbocycles. The summed E-state index contributed by atoms with van der Waals surface area (Å²) in [4.78, 5) is 8.00. The molecule has 3 rings (SSSR count). The molecule has 96 valence electrons. The van der Waals surface area contributed by atoms with E-state index in [1.54, 1.807) is 10.6 Å². The van der Waals surface area contributed by atoms with Crippen LogP contribution < -0.4 is 5.73 Å². The molecular weight excluding hydrogens is 250 g/mol. The van der Waals surface area contributed by atoms with Gasteiger partial charge in [-0.25, -0.2) is 9.97 Å². The largest absolute Gasteiger partial charge is 0.384 e. The van der Waals surface area contributed by atoms with E-state index in [0.717, 1.165) is 11.1 Å². The summed E-state index contributed by atoms with van der Waals surface area (Å²) in [5.74, 6) is 0.949. The molecule has 0 bridgehead atoms. The van der Waals surface area contributed by atoms with E-state index >= 15 is 0 Å². The Morgan fingerprint density at radius 2 is 1.85 bits per heavy atom. The monoisotopic (exact) mass is 261 g/mol. The Bertz CT molecular complexity index is 784. The first-order valence-corrected chi connectivity index (χ1v) is 6.04. The zero-order valence-electron chi connectivity index (χ0n) is 10.6. The molecule has 3 aromatic rings. The van der Waals surface area contributed by atoms with Gasteiger partial charge < -0.3 is 5.73 Å². The average molecular weight is 261 g/mol. The summed E-state index contributed by atoms with van der Waals surface area (Å²) in [5.41, 5.74) is 8.16. The Hall–Kier alpha value is -3.13. The molecule has 5 nitrogen and oxygen atoms in total. The van der Waals surface area contributed by atoms with Crippen molar-refractivity contribution in [3.05, 3.63) is 60.7 Å². The molecule has 2 heterocycles. The van der Waals surface area contributed by atoms with Crippen LogP contribution in [0.25, 0.3) is 16.9 Å². The van der Waals surface area contributed by atoms with Crippen molar-refractivity contribution in [3.63, 3.8) is 0 Å². The molecular formula is C15H11N5. The van der Waals surface area contributed by atoms with Gasteiger partial charge in [0.15, 0.2) is 0 Å². The van der Waals surface area contributed by atoms with E-state index < -0.39 is 0 Å². The molecule has 0 aliphatic rings. The minimum atomic E-state index is 0.369. The van der Waals surface area contributed by atoms with Gasteiger partial charge in [0.05, 0.1) is 0 Å². The fourth-order valence-electron chi connectivity index (χ4n) is 2.02. The summed E-state index contributed by atoms with van der Waals surface area (Å²) in [7, 11) is 0. The van der Waals surface area contributed by atoms with Crippen LogP contribution in [0.2, 0.25) is 0 Å². The van der Waals surface area contributed by atoms with Gasteiger partial charge in [0.1, 0.15) is 29.7 Å². The number of rotatable bonds is 2. The number of nitriles is 1. The Morgan fingerprint density at radius 1 is 1.05 bits per heavy atom. The maximum Gasteiger partial charge on any atom is 0.143 e. The molecule has 0 spiro atoms. The SMILES string of the molecule is N#Cc1cc(-c2ccccc2)cn1-c1cc(N)ncn1. The van der Waals surface area contributed by atoms with E-state index in [4.69, 9.17) is 5.73 Å². The third-order valence-electron chi connectivity index (χ3n) is 2.96. The maximum absolute atomic E-state index is 9.26. The van der Waals surface area contributed by atoms with E-state index in [9.17, 15) is 5.26 Å². The third-order valence-corrected chi connectivity index (χ3v) is 2.96. The summed E-state index contributed by atoms with van der Waals surface area (Å²) in [6, 6.07) is 15.5. The van der Waals surface area contributed by atoms with Crippen molar-refractivity contribution in [1.82, 2.24) is 14.5 Å². The maximum atomic E-state index is 9.26. The van der Waals surface area contributed by atoms with Gasteiger partial charge in [0.25, 0.3) is 0 Å². The third kappa shape index (κ3) is 2.10. The number of anilines is 1. The van der Waals surface area contributed by atoms with Crippen LogP contribution in [0, 0.1) is 11.3 Å². The highest BCUT2D eigenvalue weighted by atomic mass is 15.1. The van der Waals surface area contributed by atoms with E-state index in [1.807, 2.05) is 42.6 Å². The quantitative estimate of drug-likeness (QED) is 0.768. The smallest absolute Gasteiger partial charge is 0.143 e. The number of aromatic nitrogens is 3. The van der Waals surface area contributed by atoms with Gasteiger partial charge in [0.2, 0.25) is 0 Å². The van der Waals surface area contributed by atoms with Gasteiger partial charge >= 0.3 is 0 Å². The molecule has 2 aromatic heterocycles. The molecule has 0 amide bonds. The van der Waals surface area contributed by atoms with Crippen molar-refractivity contribution in [2.24, 2.45) is 0 Å². The Morgan fingerprint density at radius 3 is 2.55 bits per heavy atom. The molecule has 2 N–H and O–H groups in total. The number of nitrogen functional groups attached to an aromatic ring is 1. The van der Waals surface area contributed by atoms with Gasteiger partial charge in [0, 0.05) is 17.8 Å². The molecule has 0 atom stereocenters. The number of hydrogen-bond donors (Lipinski definition) is 1.